The van der Waals surface area contributed by atoms with E-state index in [9.17, 15) is 4.79 Å². The van der Waals surface area contributed by atoms with Gasteiger partial charge in [-0.1, -0.05) is 72.9 Å². The molecule has 0 saturated heterocycles. The van der Waals surface area contributed by atoms with Gasteiger partial charge in [-0.25, -0.2) is 4.98 Å². The summed E-state index contributed by atoms with van der Waals surface area (Å²) in [5.74, 6) is 0.741. The van der Waals surface area contributed by atoms with Gasteiger partial charge in [0.05, 0.1) is 29.4 Å². The van der Waals surface area contributed by atoms with Gasteiger partial charge in [-0.2, -0.15) is 0 Å². The highest BCUT2D eigenvalue weighted by Crippen LogP contribution is 2.32. The quantitative estimate of drug-likeness (QED) is 0.316. The Labute approximate surface area is 184 Å². The molecule has 0 saturated carbocycles. The molecule has 4 nitrogen and oxygen atoms in total. The van der Waals surface area contributed by atoms with Crippen molar-refractivity contribution in [1.29, 1.82) is 0 Å². The summed E-state index contributed by atoms with van der Waals surface area (Å²) < 4.78 is 6.64. The van der Waals surface area contributed by atoms with Crippen molar-refractivity contribution in [2.75, 3.05) is 4.90 Å². The highest BCUT2D eigenvalue weighted by atomic mass is 32.1. The summed E-state index contributed by atoms with van der Waals surface area (Å²) >= 11 is 1.55. The maximum atomic E-state index is 13.5. The van der Waals surface area contributed by atoms with Crippen LogP contribution in [0.2, 0.25) is 0 Å². The molecule has 0 aliphatic heterocycles. The van der Waals surface area contributed by atoms with E-state index in [4.69, 9.17) is 9.40 Å². The molecule has 3 aromatic carbocycles. The summed E-state index contributed by atoms with van der Waals surface area (Å²) in [5, 5.41) is 3.01. The van der Waals surface area contributed by atoms with Crippen LogP contribution in [0.1, 0.15) is 23.8 Å². The Hall–Kier alpha value is -3.44. The predicted molar refractivity (Wildman–Crippen MR) is 127 cm³/mol. The zero-order chi connectivity index (χ0) is 21.2. The van der Waals surface area contributed by atoms with Crippen molar-refractivity contribution in [3.63, 3.8) is 0 Å². The molecule has 0 fully saturated rings. The van der Waals surface area contributed by atoms with Gasteiger partial charge >= 0.3 is 0 Å². The lowest BCUT2D eigenvalue weighted by molar-refractivity contribution is -0.118. The summed E-state index contributed by atoms with van der Waals surface area (Å²) in [5.41, 5.74) is 3.16. The number of carbonyl (C=O) groups is 1. The summed E-state index contributed by atoms with van der Waals surface area (Å²) in [7, 11) is 0. The van der Waals surface area contributed by atoms with E-state index in [2.05, 4.69) is 49.4 Å². The Kier molecular flexibility index (Phi) is 5.26. The molecule has 5 rings (SSSR count). The fraction of sp³-hybridized carbons (Fsp3) is 0.154. The van der Waals surface area contributed by atoms with Crippen LogP contribution < -0.4 is 4.90 Å². The molecule has 0 spiro atoms. The zero-order valence-electron chi connectivity index (χ0n) is 17.2. The molecule has 0 N–H and O–H groups in total. The van der Waals surface area contributed by atoms with Gasteiger partial charge in [-0.15, -0.1) is 0 Å². The average Bonchev–Trinajstić information content (AvgIpc) is 3.46. The maximum Gasteiger partial charge on any atom is 0.233 e. The number of thiazole rings is 1. The van der Waals surface area contributed by atoms with Crippen molar-refractivity contribution in [2.45, 2.75) is 26.3 Å². The van der Waals surface area contributed by atoms with Crippen LogP contribution in [0.15, 0.2) is 83.5 Å². The Morgan fingerprint density at radius 2 is 1.87 bits per heavy atom. The predicted octanol–water partition coefficient (Wildman–Crippen LogP) is 6.38. The second-order valence-corrected chi connectivity index (χ2v) is 8.54. The summed E-state index contributed by atoms with van der Waals surface area (Å²) in [6.07, 6.45) is 2.85. The van der Waals surface area contributed by atoms with Crippen molar-refractivity contribution < 1.29 is 9.21 Å². The molecule has 0 bridgehead atoms. The van der Waals surface area contributed by atoms with Crippen molar-refractivity contribution in [3.05, 3.63) is 95.9 Å². The molecule has 2 aromatic heterocycles. The van der Waals surface area contributed by atoms with Gasteiger partial charge in [-0.05, 0) is 46.5 Å². The highest BCUT2D eigenvalue weighted by molar-refractivity contribution is 7.22. The number of fused-ring (bicyclic) bond motifs is 2. The van der Waals surface area contributed by atoms with E-state index in [1.807, 2.05) is 30.3 Å². The molecule has 0 aliphatic rings. The minimum Gasteiger partial charge on any atom is -0.467 e. The van der Waals surface area contributed by atoms with Crippen LogP contribution >= 0.6 is 11.3 Å². The van der Waals surface area contributed by atoms with E-state index in [0.717, 1.165) is 33.3 Å². The number of rotatable bonds is 6. The van der Waals surface area contributed by atoms with Gasteiger partial charge in [0, 0.05) is 0 Å². The molecular formula is C26H22N2O2S. The van der Waals surface area contributed by atoms with Gasteiger partial charge in [0.2, 0.25) is 5.91 Å². The first-order chi connectivity index (χ1) is 15.2. The third kappa shape index (κ3) is 3.97. The lowest BCUT2D eigenvalue weighted by Gasteiger charge is -2.19. The SMILES string of the molecule is CCc1cccc2sc(N(Cc3ccco3)C(=O)Cc3ccc4ccccc4c3)nc12. The number of anilines is 1. The van der Waals surface area contributed by atoms with Crippen molar-refractivity contribution in [1.82, 2.24) is 4.98 Å². The Balaban J connectivity index is 1.50. The van der Waals surface area contributed by atoms with Gasteiger partial charge in [-0.3, -0.25) is 9.69 Å². The molecule has 0 radical (unpaired) electrons. The lowest BCUT2D eigenvalue weighted by Crippen LogP contribution is -2.31. The summed E-state index contributed by atoms with van der Waals surface area (Å²) in [4.78, 5) is 20.1. The third-order valence-electron chi connectivity index (χ3n) is 5.47. The number of aromatic nitrogens is 1. The first-order valence-corrected chi connectivity index (χ1v) is 11.2. The second-order valence-electron chi connectivity index (χ2n) is 7.53. The monoisotopic (exact) mass is 426 g/mol. The first kappa shape index (κ1) is 19.5. The number of benzene rings is 3. The van der Waals surface area contributed by atoms with Gasteiger partial charge in [0.25, 0.3) is 0 Å². The molecule has 5 heteroatoms. The second kappa shape index (κ2) is 8.36. The van der Waals surface area contributed by atoms with Crippen LogP contribution in [-0.4, -0.2) is 10.9 Å². The van der Waals surface area contributed by atoms with E-state index < -0.39 is 0 Å². The van der Waals surface area contributed by atoms with Crippen LogP contribution in [0.25, 0.3) is 21.0 Å². The van der Waals surface area contributed by atoms with Crippen LogP contribution in [0, 0.1) is 0 Å². The summed E-state index contributed by atoms with van der Waals surface area (Å²) in [6, 6.07) is 24.3. The summed E-state index contributed by atoms with van der Waals surface area (Å²) in [6.45, 7) is 2.49. The van der Waals surface area contributed by atoms with Crippen molar-refractivity contribution in [3.8, 4) is 0 Å². The molecule has 0 atom stereocenters. The minimum atomic E-state index is 0.00351. The van der Waals surface area contributed by atoms with Crippen LogP contribution in [0.4, 0.5) is 5.13 Å². The number of furan rings is 1. The fourth-order valence-corrected chi connectivity index (χ4v) is 4.86. The van der Waals surface area contributed by atoms with E-state index in [1.165, 1.54) is 10.9 Å². The van der Waals surface area contributed by atoms with Gasteiger partial charge in [0.15, 0.2) is 5.13 Å². The van der Waals surface area contributed by atoms with E-state index in [0.29, 0.717) is 18.1 Å². The molecular weight excluding hydrogens is 404 g/mol. The van der Waals surface area contributed by atoms with Crippen LogP contribution in [0.3, 0.4) is 0 Å². The number of carbonyl (C=O) groups excluding carboxylic acids is 1. The topological polar surface area (TPSA) is 46.3 Å². The van der Waals surface area contributed by atoms with Gasteiger partial charge in [0.1, 0.15) is 5.76 Å². The van der Waals surface area contributed by atoms with Crippen molar-refractivity contribution in [2.24, 2.45) is 0 Å². The number of nitrogens with zero attached hydrogens (tertiary/aromatic N) is 2. The molecule has 2 heterocycles. The van der Waals surface area contributed by atoms with E-state index >= 15 is 0 Å². The average molecular weight is 427 g/mol. The smallest absolute Gasteiger partial charge is 0.233 e. The van der Waals surface area contributed by atoms with Crippen molar-refractivity contribution >= 4 is 43.4 Å². The number of amides is 1. The minimum absolute atomic E-state index is 0.00351. The Bertz CT molecular complexity index is 1350. The molecule has 154 valence electrons. The zero-order valence-corrected chi connectivity index (χ0v) is 18.1. The van der Waals surface area contributed by atoms with Crippen LogP contribution in [-0.2, 0) is 24.2 Å². The maximum absolute atomic E-state index is 13.5. The van der Waals surface area contributed by atoms with Crippen LogP contribution in [0.5, 0.6) is 0 Å². The molecule has 31 heavy (non-hydrogen) atoms. The number of para-hydroxylation sites is 1. The standard InChI is InChI=1S/C26H22N2O2S/c1-2-19-9-5-11-23-25(19)27-26(31-23)28(17-22-10-6-14-30-22)24(29)16-18-12-13-20-7-3-4-8-21(20)15-18/h3-15H,2,16-17H2,1H3. The normalized spacial score (nSPS) is 11.3. The number of hydrogen-bond acceptors (Lipinski definition) is 4. The Morgan fingerprint density at radius 1 is 1.00 bits per heavy atom. The fourth-order valence-electron chi connectivity index (χ4n) is 3.83. The van der Waals surface area contributed by atoms with E-state index in [1.54, 1.807) is 22.5 Å². The van der Waals surface area contributed by atoms with E-state index in [-0.39, 0.29) is 5.91 Å². The lowest BCUT2D eigenvalue weighted by atomic mass is 10.0. The first-order valence-electron chi connectivity index (χ1n) is 10.4. The highest BCUT2D eigenvalue weighted by Gasteiger charge is 2.22. The third-order valence-corrected chi connectivity index (χ3v) is 6.51. The van der Waals surface area contributed by atoms with Gasteiger partial charge < -0.3 is 4.42 Å². The molecule has 0 unspecified atom stereocenters. The molecule has 0 aliphatic carbocycles. The largest absolute Gasteiger partial charge is 0.467 e. The number of hydrogen-bond donors (Lipinski definition) is 0. The molecule has 1 amide bonds. The number of aryl methyl sites for hydroxylation is 1. The molecule has 5 aromatic rings. The Morgan fingerprint density at radius 3 is 2.68 bits per heavy atom.